The molecule has 0 fully saturated rings. The van der Waals surface area contributed by atoms with Gasteiger partial charge in [-0.25, -0.2) is 4.98 Å². The lowest BCUT2D eigenvalue weighted by atomic mass is 10.1. The highest BCUT2D eigenvalue weighted by Crippen LogP contribution is 2.13. The molecule has 3 N–H and O–H groups in total. The smallest absolute Gasteiger partial charge is 0.264 e. The van der Waals surface area contributed by atoms with E-state index < -0.39 is 11.5 Å². The normalized spacial score (nSPS) is 12.0. The lowest BCUT2D eigenvalue weighted by molar-refractivity contribution is 0.0938. The summed E-state index contributed by atoms with van der Waals surface area (Å²) in [7, 11) is 0. The maximum absolute atomic E-state index is 12.4. The van der Waals surface area contributed by atoms with Crippen molar-refractivity contribution in [3.63, 3.8) is 0 Å². The Balaban J connectivity index is 1.71. The van der Waals surface area contributed by atoms with E-state index in [9.17, 15) is 9.59 Å². The molecule has 0 spiro atoms. The summed E-state index contributed by atoms with van der Waals surface area (Å²) in [4.78, 5) is 31.6. The van der Waals surface area contributed by atoms with E-state index in [1.54, 1.807) is 0 Å². The average molecular weight is 351 g/mol. The van der Waals surface area contributed by atoms with Gasteiger partial charge >= 0.3 is 0 Å². The predicted molar refractivity (Wildman–Crippen MR) is 99.0 cm³/mol. The molecule has 0 aliphatic carbocycles. The molecule has 0 radical (unpaired) electrons. The molecule has 26 heavy (non-hydrogen) atoms. The number of carbonyl (C=O) groups excluding carboxylic acids is 1. The minimum absolute atomic E-state index is 0.00841. The van der Waals surface area contributed by atoms with E-state index in [2.05, 4.69) is 25.5 Å². The van der Waals surface area contributed by atoms with Gasteiger partial charge in [-0.2, -0.15) is 5.10 Å². The Labute approximate surface area is 150 Å². The molecule has 0 bridgehead atoms. The second-order valence-electron chi connectivity index (χ2n) is 6.46. The Morgan fingerprint density at radius 1 is 1.23 bits per heavy atom. The first-order valence-electron chi connectivity index (χ1n) is 8.40. The highest BCUT2D eigenvalue weighted by molar-refractivity contribution is 5.93. The Bertz CT molecular complexity index is 972. The number of hydrogen-bond acceptors (Lipinski definition) is 4. The van der Waals surface area contributed by atoms with Gasteiger partial charge in [0.05, 0.1) is 5.69 Å². The van der Waals surface area contributed by atoms with Crippen LogP contribution in [-0.2, 0) is 6.42 Å². The Morgan fingerprint density at radius 2 is 1.96 bits per heavy atom. The largest absolute Gasteiger partial charge is 0.349 e. The van der Waals surface area contributed by atoms with Crippen molar-refractivity contribution in [3.05, 3.63) is 69.4 Å². The van der Waals surface area contributed by atoms with E-state index >= 15 is 0 Å². The van der Waals surface area contributed by atoms with Gasteiger partial charge in [0.15, 0.2) is 0 Å². The van der Waals surface area contributed by atoms with Gasteiger partial charge in [-0.05, 0) is 26.8 Å². The van der Waals surface area contributed by atoms with Gasteiger partial charge < -0.3 is 10.3 Å². The number of carbonyl (C=O) groups is 1. The quantitative estimate of drug-likeness (QED) is 0.655. The third kappa shape index (κ3) is 4.05. The van der Waals surface area contributed by atoms with E-state index in [0.717, 1.165) is 22.5 Å². The fraction of sp³-hybridized carbons (Fsp3) is 0.263. The number of benzene rings is 1. The van der Waals surface area contributed by atoms with E-state index in [4.69, 9.17) is 0 Å². The molecule has 1 aromatic carbocycles. The molecule has 1 amide bonds. The Kier molecular flexibility index (Phi) is 4.97. The first-order chi connectivity index (χ1) is 12.4. The fourth-order valence-corrected chi connectivity index (χ4v) is 2.66. The van der Waals surface area contributed by atoms with Crippen LogP contribution in [0.2, 0.25) is 0 Å². The standard InChI is InChI=1S/C19H21N5O2/c1-11-4-6-14(7-5-11)17-20-10-16(19(26)22-17)18(25)21-12(2)8-15-9-13(3)23-24-15/h4-7,9-10,12H,8H2,1-3H3,(H,21,25)(H,23,24)(H,20,22,26). The second kappa shape index (κ2) is 7.35. The predicted octanol–water partition coefficient (Wildman–Crippen LogP) is 2.14. The first kappa shape index (κ1) is 17.6. The zero-order chi connectivity index (χ0) is 18.7. The number of H-pyrrole nitrogens is 2. The van der Waals surface area contributed by atoms with Crippen LogP contribution < -0.4 is 10.9 Å². The molecule has 7 nitrogen and oxygen atoms in total. The molecule has 3 rings (SSSR count). The van der Waals surface area contributed by atoms with E-state index in [0.29, 0.717) is 12.2 Å². The number of hydrogen-bond donors (Lipinski definition) is 3. The maximum Gasteiger partial charge on any atom is 0.264 e. The minimum Gasteiger partial charge on any atom is -0.349 e. The zero-order valence-electron chi connectivity index (χ0n) is 15.0. The topological polar surface area (TPSA) is 104 Å². The van der Waals surface area contributed by atoms with Crippen LogP contribution in [0.15, 0.2) is 41.3 Å². The summed E-state index contributed by atoms with van der Waals surface area (Å²) in [5.41, 5.74) is 3.26. The van der Waals surface area contributed by atoms with Crippen LogP contribution in [0.1, 0.15) is 34.2 Å². The van der Waals surface area contributed by atoms with Crippen molar-refractivity contribution in [3.8, 4) is 11.4 Å². The van der Waals surface area contributed by atoms with Gasteiger partial charge in [0, 0.05) is 29.9 Å². The van der Waals surface area contributed by atoms with Gasteiger partial charge in [-0.15, -0.1) is 0 Å². The maximum atomic E-state index is 12.4. The SMILES string of the molecule is Cc1ccc(-c2ncc(C(=O)NC(C)Cc3cc(C)[nH]n3)c(=O)[nH]2)cc1. The summed E-state index contributed by atoms with van der Waals surface area (Å²) >= 11 is 0. The summed E-state index contributed by atoms with van der Waals surface area (Å²) < 4.78 is 0. The molecule has 134 valence electrons. The lowest BCUT2D eigenvalue weighted by Crippen LogP contribution is -2.37. The van der Waals surface area contributed by atoms with Crippen molar-refractivity contribution in [1.82, 2.24) is 25.5 Å². The highest BCUT2D eigenvalue weighted by Gasteiger charge is 2.16. The molecule has 2 heterocycles. The van der Waals surface area contributed by atoms with E-state index in [-0.39, 0.29) is 11.6 Å². The van der Waals surface area contributed by atoms with Crippen LogP contribution in [0.5, 0.6) is 0 Å². The Morgan fingerprint density at radius 3 is 2.58 bits per heavy atom. The summed E-state index contributed by atoms with van der Waals surface area (Å²) in [5, 5.41) is 9.82. The fourth-order valence-electron chi connectivity index (χ4n) is 2.66. The van der Waals surface area contributed by atoms with Crippen molar-refractivity contribution in [2.24, 2.45) is 0 Å². The molecule has 0 saturated heterocycles. The van der Waals surface area contributed by atoms with Crippen molar-refractivity contribution in [2.75, 3.05) is 0 Å². The number of amides is 1. The number of rotatable bonds is 5. The number of nitrogens with zero attached hydrogens (tertiary/aromatic N) is 2. The summed E-state index contributed by atoms with van der Waals surface area (Å²) in [6.45, 7) is 5.77. The molecule has 1 unspecified atom stereocenters. The van der Waals surface area contributed by atoms with Crippen molar-refractivity contribution >= 4 is 5.91 Å². The number of aryl methyl sites for hydroxylation is 2. The molecule has 1 atom stereocenters. The van der Waals surface area contributed by atoms with Crippen molar-refractivity contribution in [2.45, 2.75) is 33.2 Å². The number of aromatic nitrogens is 4. The molecule has 0 saturated carbocycles. The Hall–Kier alpha value is -3.22. The highest BCUT2D eigenvalue weighted by atomic mass is 16.2. The third-order valence-electron chi connectivity index (χ3n) is 4.02. The minimum atomic E-state index is -0.462. The summed E-state index contributed by atoms with van der Waals surface area (Å²) in [5.74, 6) is -0.0134. The van der Waals surface area contributed by atoms with Gasteiger partial charge in [-0.1, -0.05) is 29.8 Å². The molecule has 0 aliphatic heterocycles. The number of nitrogens with one attached hydrogen (secondary N) is 3. The van der Waals surface area contributed by atoms with Gasteiger partial charge in [0.1, 0.15) is 11.4 Å². The van der Waals surface area contributed by atoms with Crippen LogP contribution in [0.3, 0.4) is 0 Å². The van der Waals surface area contributed by atoms with Crippen LogP contribution in [0.4, 0.5) is 0 Å². The van der Waals surface area contributed by atoms with Crippen molar-refractivity contribution < 1.29 is 4.79 Å². The van der Waals surface area contributed by atoms with Crippen LogP contribution in [0.25, 0.3) is 11.4 Å². The summed E-state index contributed by atoms with van der Waals surface area (Å²) in [6.07, 6.45) is 1.89. The van der Waals surface area contributed by atoms with Crippen molar-refractivity contribution in [1.29, 1.82) is 0 Å². The van der Waals surface area contributed by atoms with Crippen LogP contribution in [0, 0.1) is 13.8 Å². The van der Waals surface area contributed by atoms with Crippen LogP contribution >= 0.6 is 0 Å². The molecule has 3 aromatic rings. The van der Waals surface area contributed by atoms with Gasteiger partial charge in [0.2, 0.25) is 0 Å². The lowest BCUT2D eigenvalue weighted by Gasteiger charge is -2.12. The van der Waals surface area contributed by atoms with E-state index in [1.807, 2.05) is 51.1 Å². The first-order valence-corrected chi connectivity index (χ1v) is 8.40. The van der Waals surface area contributed by atoms with E-state index in [1.165, 1.54) is 6.20 Å². The third-order valence-corrected chi connectivity index (χ3v) is 4.02. The molecule has 7 heteroatoms. The molecular weight excluding hydrogens is 330 g/mol. The van der Waals surface area contributed by atoms with Crippen LogP contribution in [-0.4, -0.2) is 32.1 Å². The molecular formula is C19H21N5O2. The average Bonchev–Trinajstić information content (AvgIpc) is 2.99. The monoisotopic (exact) mass is 351 g/mol. The van der Waals surface area contributed by atoms with Gasteiger partial charge in [-0.3, -0.25) is 14.7 Å². The molecule has 0 aliphatic rings. The second-order valence-corrected chi connectivity index (χ2v) is 6.46. The summed E-state index contributed by atoms with van der Waals surface area (Å²) in [6, 6.07) is 9.39. The van der Waals surface area contributed by atoms with Gasteiger partial charge in [0.25, 0.3) is 11.5 Å². The zero-order valence-corrected chi connectivity index (χ0v) is 15.0. The molecule has 2 aromatic heterocycles. The number of aromatic amines is 2.